The minimum atomic E-state index is 0.0620. The number of hydrogen-bond acceptors (Lipinski definition) is 4. The van der Waals surface area contributed by atoms with Crippen molar-refractivity contribution >= 4 is 29.0 Å². The molecule has 94 valence electrons. The standard InChI is InChI=1S/C12H11ClN2O2S/c1-4-16-17-7-9(15-3)5-11-12(13)10(6-14)8(2)18-11/h5H,4,7H2,1-2H3/b9-5-. The third kappa shape index (κ3) is 3.56. The molecule has 0 saturated carbocycles. The summed E-state index contributed by atoms with van der Waals surface area (Å²) in [5, 5.41) is 9.31. The van der Waals surface area contributed by atoms with Gasteiger partial charge in [0.1, 0.15) is 12.7 Å². The molecule has 0 radical (unpaired) electrons. The first kappa shape index (κ1) is 14.7. The van der Waals surface area contributed by atoms with Crippen molar-refractivity contribution < 1.29 is 9.78 Å². The van der Waals surface area contributed by atoms with Gasteiger partial charge in [0.2, 0.25) is 0 Å². The van der Waals surface area contributed by atoms with Gasteiger partial charge in [-0.25, -0.2) is 14.6 Å². The lowest BCUT2D eigenvalue weighted by atomic mass is 10.2. The van der Waals surface area contributed by atoms with Gasteiger partial charge in [0.15, 0.2) is 5.70 Å². The zero-order valence-electron chi connectivity index (χ0n) is 9.99. The number of halogens is 1. The molecule has 0 aromatic carbocycles. The van der Waals surface area contributed by atoms with Crippen LogP contribution in [0.25, 0.3) is 10.9 Å². The van der Waals surface area contributed by atoms with Crippen molar-refractivity contribution in [3.63, 3.8) is 0 Å². The van der Waals surface area contributed by atoms with Crippen LogP contribution in [0.1, 0.15) is 22.2 Å². The number of rotatable bonds is 5. The minimum absolute atomic E-state index is 0.0620. The molecule has 0 atom stereocenters. The Bertz CT molecular complexity index is 537. The number of nitrogens with zero attached hydrogens (tertiary/aromatic N) is 2. The van der Waals surface area contributed by atoms with Crippen LogP contribution in [0, 0.1) is 24.8 Å². The molecule has 0 bridgehead atoms. The summed E-state index contributed by atoms with van der Waals surface area (Å²) in [7, 11) is 0. The Morgan fingerprint density at radius 1 is 1.61 bits per heavy atom. The Morgan fingerprint density at radius 3 is 2.83 bits per heavy atom. The lowest BCUT2D eigenvalue weighted by Gasteiger charge is -1.99. The van der Waals surface area contributed by atoms with Crippen molar-refractivity contribution in [1.82, 2.24) is 0 Å². The number of aryl methyl sites for hydroxylation is 1. The Balaban J connectivity index is 2.94. The fourth-order valence-corrected chi connectivity index (χ4v) is 2.58. The van der Waals surface area contributed by atoms with Crippen LogP contribution in [-0.2, 0) is 9.78 Å². The quantitative estimate of drug-likeness (QED) is 0.357. The maximum absolute atomic E-state index is 8.92. The molecule has 4 nitrogen and oxygen atoms in total. The van der Waals surface area contributed by atoms with Gasteiger partial charge in [-0.2, -0.15) is 5.26 Å². The molecule has 0 saturated heterocycles. The van der Waals surface area contributed by atoms with Crippen LogP contribution in [0.15, 0.2) is 5.70 Å². The number of hydrogen-bond donors (Lipinski definition) is 0. The summed E-state index contributed by atoms with van der Waals surface area (Å²) in [5.74, 6) is 0. The largest absolute Gasteiger partial charge is 0.243 e. The van der Waals surface area contributed by atoms with Crippen molar-refractivity contribution in [2.24, 2.45) is 0 Å². The van der Waals surface area contributed by atoms with Gasteiger partial charge in [-0.3, -0.25) is 0 Å². The predicted molar refractivity (Wildman–Crippen MR) is 70.9 cm³/mol. The molecule has 1 heterocycles. The summed E-state index contributed by atoms with van der Waals surface area (Å²) in [5.41, 5.74) is 0.832. The molecule has 0 fully saturated rings. The number of thiophene rings is 1. The van der Waals surface area contributed by atoms with Gasteiger partial charge in [0, 0.05) is 9.75 Å². The Hall–Kier alpha value is -1.37. The topological polar surface area (TPSA) is 46.6 Å². The minimum Gasteiger partial charge on any atom is -0.243 e. The average Bonchev–Trinajstić information content (AvgIpc) is 2.63. The van der Waals surface area contributed by atoms with Crippen LogP contribution in [0.4, 0.5) is 0 Å². The monoisotopic (exact) mass is 282 g/mol. The van der Waals surface area contributed by atoms with Crippen molar-refractivity contribution in [3.8, 4) is 6.07 Å². The molecule has 1 aromatic rings. The normalized spacial score (nSPS) is 11.1. The van der Waals surface area contributed by atoms with E-state index in [-0.39, 0.29) is 6.61 Å². The van der Waals surface area contributed by atoms with E-state index in [2.05, 4.69) is 4.85 Å². The molecule has 1 rings (SSSR count). The highest BCUT2D eigenvalue weighted by molar-refractivity contribution is 7.13. The second kappa shape index (κ2) is 7.15. The molecule has 0 aliphatic heterocycles. The average molecular weight is 283 g/mol. The molecule has 0 aliphatic rings. The van der Waals surface area contributed by atoms with E-state index in [1.54, 1.807) is 13.0 Å². The highest BCUT2D eigenvalue weighted by Crippen LogP contribution is 2.33. The van der Waals surface area contributed by atoms with E-state index in [1.165, 1.54) is 11.3 Å². The fourth-order valence-electron chi connectivity index (χ4n) is 1.20. The molecule has 18 heavy (non-hydrogen) atoms. The molecule has 0 aliphatic carbocycles. The number of nitriles is 1. The van der Waals surface area contributed by atoms with Crippen molar-refractivity contribution in [2.75, 3.05) is 13.2 Å². The maximum atomic E-state index is 8.92. The van der Waals surface area contributed by atoms with Crippen LogP contribution in [0.5, 0.6) is 0 Å². The van der Waals surface area contributed by atoms with Gasteiger partial charge in [0.05, 0.1) is 23.8 Å². The zero-order valence-corrected chi connectivity index (χ0v) is 11.6. The van der Waals surface area contributed by atoms with Gasteiger partial charge in [-0.05, 0) is 19.9 Å². The third-order valence-corrected chi connectivity index (χ3v) is 3.57. The van der Waals surface area contributed by atoms with E-state index in [1.807, 2.05) is 13.0 Å². The molecule has 0 N–H and O–H groups in total. The van der Waals surface area contributed by atoms with Crippen LogP contribution >= 0.6 is 22.9 Å². The van der Waals surface area contributed by atoms with Crippen LogP contribution in [0.3, 0.4) is 0 Å². The van der Waals surface area contributed by atoms with E-state index in [4.69, 9.17) is 33.2 Å². The first-order chi connectivity index (χ1) is 8.63. The van der Waals surface area contributed by atoms with E-state index in [0.29, 0.717) is 27.8 Å². The molecule has 1 aromatic heterocycles. The highest BCUT2D eigenvalue weighted by Gasteiger charge is 2.12. The second-order valence-corrected chi connectivity index (χ2v) is 4.87. The van der Waals surface area contributed by atoms with Crippen molar-refractivity contribution in [1.29, 1.82) is 5.26 Å². The van der Waals surface area contributed by atoms with Crippen molar-refractivity contribution in [3.05, 3.63) is 37.5 Å². The molecular weight excluding hydrogens is 272 g/mol. The molecule has 0 unspecified atom stereocenters. The van der Waals surface area contributed by atoms with Gasteiger partial charge in [0.25, 0.3) is 0 Å². The van der Waals surface area contributed by atoms with Gasteiger partial charge in [-0.15, -0.1) is 11.3 Å². The van der Waals surface area contributed by atoms with Crippen molar-refractivity contribution in [2.45, 2.75) is 13.8 Å². The zero-order chi connectivity index (χ0) is 13.5. The van der Waals surface area contributed by atoms with Gasteiger partial charge < -0.3 is 0 Å². The fraction of sp³-hybridized carbons (Fsp3) is 0.333. The van der Waals surface area contributed by atoms with Gasteiger partial charge in [-0.1, -0.05) is 11.6 Å². The summed E-state index contributed by atoms with van der Waals surface area (Å²) in [6, 6.07) is 2.04. The smallest absolute Gasteiger partial charge is 0.195 e. The first-order valence-corrected chi connectivity index (χ1v) is 6.34. The summed E-state index contributed by atoms with van der Waals surface area (Å²) in [4.78, 5) is 14.4. The van der Waals surface area contributed by atoms with Crippen LogP contribution in [0.2, 0.25) is 5.02 Å². The lowest BCUT2D eigenvalue weighted by Crippen LogP contribution is -1.96. The Morgan fingerprint density at radius 2 is 2.33 bits per heavy atom. The third-order valence-electron chi connectivity index (χ3n) is 2.01. The van der Waals surface area contributed by atoms with Crippen LogP contribution in [-0.4, -0.2) is 13.2 Å². The summed E-state index contributed by atoms with van der Waals surface area (Å²) >= 11 is 7.44. The Kier molecular flexibility index (Phi) is 5.84. The summed E-state index contributed by atoms with van der Waals surface area (Å²) < 4.78 is 0. The van der Waals surface area contributed by atoms with E-state index >= 15 is 0 Å². The highest BCUT2D eigenvalue weighted by atomic mass is 35.5. The molecular formula is C12H11ClN2O2S. The summed E-state index contributed by atoms with van der Waals surface area (Å²) in [6.45, 7) is 11.1. The second-order valence-electron chi connectivity index (χ2n) is 3.24. The Labute approximate surface area is 115 Å². The first-order valence-electron chi connectivity index (χ1n) is 5.15. The maximum Gasteiger partial charge on any atom is 0.195 e. The molecule has 0 amide bonds. The van der Waals surface area contributed by atoms with Gasteiger partial charge >= 0.3 is 0 Å². The lowest BCUT2D eigenvalue weighted by molar-refractivity contribution is -0.283. The van der Waals surface area contributed by atoms with Crippen LogP contribution < -0.4 is 0 Å². The SMILES string of the molecule is [C-]#[N+]/C(=C\c1sc(C)c(C#N)c1Cl)COOCC. The molecule has 6 heteroatoms. The predicted octanol–water partition coefficient (Wildman–Crippen LogP) is 3.81. The van der Waals surface area contributed by atoms with E-state index in [9.17, 15) is 0 Å². The van der Waals surface area contributed by atoms with E-state index < -0.39 is 0 Å². The van der Waals surface area contributed by atoms with E-state index in [0.717, 1.165) is 4.88 Å². The summed E-state index contributed by atoms with van der Waals surface area (Å²) in [6.07, 6.45) is 1.62. The molecule has 0 spiro atoms.